The third-order valence-electron chi connectivity index (χ3n) is 4.92. The number of benzene rings is 2. The lowest BCUT2D eigenvalue weighted by Gasteiger charge is -2.13. The molecular formula is C24H19N5O6. The minimum Gasteiger partial charge on any atom is -0.454 e. The molecule has 35 heavy (non-hydrogen) atoms. The topological polar surface area (TPSA) is 140 Å². The van der Waals surface area contributed by atoms with E-state index in [0.29, 0.717) is 23.0 Å². The molecule has 0 saturated heterocycles. The summed E-state index contributed by atoms with van der Waals surface area (Å²) in [6.45, 7) is -0.183. The van der Waals surface area contributed by atoms with Crippen molar-refractivity contribution in [2.24, 2.45) is 5.73 Å². The molecule has 0 fully saturated rings. The van der Waals surface area contributed by atoms with Gasteiger partial charge in [0.25, 0.3) is 5.91 Å². The van der Waals surface area contributed by atoms with Crippen molar-refractivity contribution in [1.82, 2.24) is 19.9 Å². The Labute approximate surface area is 199 Å². The zero-order valence-corrected chi connectivity index (χ0v) is 18.2. The summed E-state index contributed by atoms with van der Waals surface area (Å²) in [5.74, 6) is 0.992. The Morgan fingerprint density at radius 3 is 2.57 bits per heavy atom. The molecular weight excluding hydrogens is 454 g/mol. The van der Waals surface area contributed by atoms with E-state index in [1.54, 1.807) is 42.9 Å². The minimum atomic E-state index is -0.674. The maximum Gasteiger partial charge on any atom is 0.257 e. The Bertz CT molecular complexity index is 1370. The van der Waals surface area contributed by atoms with Gasteiger partial charge in [-0.25, -0.2) is 4.98 Å². The lowest BCUT2D eigenvalue weighted by Crippen LogP contribution is -2.33. The third kappa shape index (κ3) is 4.98. The number of aromatic nitrogens is 3. The molecule has 0 saturated carbocycles. The molecule has 0 bridgehead atoms. The van der Waals surface area contributed by atoms with Crippen LogP contribution in [0.3, 0.4) is 0 Å². The maximum absolute atomic E-state index is 12.6. The Hall–Kier alpha value is -5.06. The number of carbonyl (C=O) groups excluding carboxylic acids is 2. The molecule has 5 rings (SSSR count). The normalized spacial score (nSPS) is 11.7. The van der Waals surface area contributed by atoms with Crippen LogP contribution in [0.4, 0.5) is 0 Å². The number of ether oxygens (including phenoxy) is 4. The molecule has 2 aromatic heterocycles. The number of amides is 2. The molecule has 176 valence electrons. The summed E-state index contributed by atoms with van der Waals surface area (Å²) in [4.78, 5) is 32.1. The second-order valence-corrected chi connectivity index (χ2v) is 7.33. The van der Waals surface area contributed by atoms with Crippen LogP contribution in [0, 0.1) is 0 Å². The van der Waals surface area contributed by atoms with Gasteiger partial charge in [0.1, 0.15) is 17.1 Å². The molecule has 0 spiro atoms. The fourth-order valence-electron chi connectivity index (χ4n) is 3.26. The Morgan fingerprint density at radius 1 is 1.00 bits per heavy atom. The van der Waals surface area contributed by atoms with E-state index in [-0.39, 0.29) is 30.7 Å². The Morgan fingerprint density at radius 2 is 1.80 bits per heavy atom. The van der Waals surface area contributed by atoms with Crippen molar-refractivity contribution in [1.29, 1.82) is 0 Å². The monoisotopic (exact) mass is 473 g/mol. The summed E-state index contributed by atoms with van der Waals surface area (Å²) < 4.78 is 24.3. The first-order valence-corrected chi connectivity index (χ1v) is 10.5. The van der Waals surface area contributed by atoms with Gasteiger partial charge in [0.05, 0.1) is 12.9 Å². The summed E-state index contributed by atoms with van der Waals surface area (Å²) in [7, 11) is 0. The molecule has 0 unspecified atom stereocenters. The van der Waals surface area contributed by atoms with Crippen LogP contribution in [0.5, 0.6) is 34.8 Å². The average Bonchev–Trinajstić information content (AvgIpc) is 3.55. The van der Waals surface area contributed by atoms with Crippen molar-refractivity contribution >= 4 is 11.8 Å². The number of nitrogens with one attached hydrogen (secondary N) is 1. The van der Waals surface area contributed by atoms with E-state index in [1.807, 2.05) is 22.9 Å². The number of rotatable bonds is 8. The Kier molecular flexibility index (Phi) is 5.87. The van der Waals surface area contributed by atoms with Gasteiger partial charge in [0.15, 0.2) is 11.5 Å². The number of imidazole rings is 1. The quantitative estimate of drug-likeness (QED) is 0.398. The smallest absolute Gasteiger partial charge is 0.257 e. The average molecular weight is 473 g/mol. The Balaban J connectivity index is 1.41. The first-order valence-electron chi connectivity index (χ1n) is 10.5. The van der Waals surface area contributed by atoms with Gasteiger partial charge in [0.2, 0.25) is 24.5 Å². The highest BCUT2D eigenvalue weighted by atomic mass is 16.7. The molecule has 1 aliphatic rings. The highest BCUT2D eigenvalue weighted by Crippen LogP contribution is 2.37. The van der Waals surface area contributed by atoms with Gasteiger partial charge in [-0.15, -0.1) is 0 Å². The van der Waals surface area contributed by atoms with Crippen molar-refractivity contribution in [3.63, 3.8) is 0 Å². The van der Waals surface area contributed by atoms with E-state index in [0.717, 1.165) is 5.69 Å². The zero-order chi connectivity index (χ0) is 24.2. The highest BCUT2D eigenvalue weighted by molar-refractivity contribution is 5.98. The van der Waals surface area contributed by atoms with E-state index < -0.39 is 11.8 Å². The number of pyridine rings is 1. The van der Waals surface area contributed by atoms with Crippen molar-refractivity contribution in [3.05, 3.63) is 78.9 Å². The highest BCUT2D eigenvalue weighted by Gasteiger charge is 2.19. The van der Waals surface area contributed by atoms with Crippen LogP contribution in [0.2, 0.25) is 0 Å². The van der Waals surface area contributed by atoms with Crippen LogP contribution in [-0.4, -0.2) is 39.7 Å². The van der Waals surface area contributed by atoms with Gasteiger partial charge < -0.3 is 34.6 Å². The van der Waals surface area contributed by atoms with Gasteiger partial charge in [-0.2, -0.15) is 4.98 Å². The maximum atomic E-state index is 12.6. The second kappa shape index (κ2) is 9.43. The molecule has 0 radical (unpaired) electrons. The van der Waals surface area contributed by atoms with Crippen LogP contribution < -0.4 is 30.0 Å². The van der Waals surface area contributed by atoms with Gasteiger partial charge >= 0.3 is 0 Å². The number of hydrogen-bond acceptors (Lipinski definition) is 8. The minimum absolute atomic E-state index is 0.0133. The van der Waals surface area contributed by atoms with Crippen molar-refractivity contribution in [2.45, 2.75) is 0 Å². The summed E-state index contributed by atoms with van der Waals surface area (Å²) in [6, 6.07) is 15.2. The van der Waals surface area contributed by atoms with Gasteiger partial charge in [-0.3, -0.25) is 9.59 Å². The number of nitrogens with two attached hydrogens (primary N) is 1. The molecule has 2 aromatic carbocycles. The van der Waals surface area contributed by atoms with E-state index in [2.05, 4.69) is 15.3 Å². The SMILES string of the molecule is NC(=O)CNC(=O)c1ccc(Oc2ccc3c(c2)OCO3)nc1Oc1ccc(-n2ccnc2)cc1. The lowest BCUT2D eigenvalue weighted by molar-refractivity contribution is -0.117. The van der Waals surface area contributed by atoms with E-state index >= 15 is 0 Å². The number of hydrogen-bond donors (Lipinski definition) is 2. The molecule has 0 aliphatic carbocycles. The van der Waals surface area contributed by atoms with E-state index in [9.17, 15) is 9.59 Å². The molecule has 1 aliphatic heterocycles. The van der Waals surface area contributed by atoms with Crippen molar-refractivity contribution in [2.75, 3.05) is 13.3 Å². The number of carbonyl (C=O) groups is 2. The number of primary amides is 1. The number of fused-ring (bicyclic) bond motifs is 1. The van der Waals surface area contributed by atoms with Gasteiger partial charge in [-0.05, 0) is 42.5 Å². The molecule has 3 N–H and O–H groups in total. The first-order chi connectivity index (χ1) is 17.0. The van der Waals surface area contributed by atoms with Crippen molar-refractivity contribution < 1.29 is 28.5 Å². The predicted octanol–water partition coefficient (Wildman–Crippen LogP) is 2.80. The standard InChI is InChI=1S/C24H19N5O6/c25-21(30)12-27-23(31)18-6-8-22(34-17-5-7-19-20(11-17)33-14-32-19)28-24(18)35-16-3-1-15(2-4-16)29-10-9-26-13-29/h1-11,13H,12,14H2,(H2,25,30)(H,27,31). The largest absolute Gasteiger partial charge is 0.454 e. The van der Waals surface area contributed by atoms with Gasteiger partial charge in [-0.1, -0.05) is 0 Å². The lowest BCUT2D eigenvalue weighted by atomic mass is 10.2. The first kappa shape index (κ1) is 21.8. The number of nitrogens with zero attached hydrogens (tertiary/aromatic N) is 3. The summed E-state index contributed by atoms with van der Waals surface area (Å²) in [5, 5.41) is 2.43. The fourth-order valence-corrected chi connectivity index (χ4v) is 3.26. The van der Waals surface area contributed by atoms with Crippen LogP contribution in [0.25, 0.3) is 5.69 Å². The molecule has 11 nitrogen and oxygen atoms in total. The van der Waals surface area contributed by atoms with E-state index in [4.69, 9.17) is 24.7 Å². The molecule has 0 atom stereocenters. The molecule has 3 heterocycles. The second-order valence-electron chi connectivity index (χ2n) is 7.33. The van der Waals surface area contributed by atoms with Crippen LogP contribution >= 0.6 is 0 Å². The predicted molar refractivity (Wildman–Crippen MR) is 122 cm³/mol. The van der Waals surface area contributed by atoms with Crippen LogP contribution in [0.15, 0.2) is 73.3 Å². The molecule has 2 amide bonds. The zero-order valence-electron chi connectivity index (χ0n) is 18.2. The third-order valence-corrected chi connectivity index (χ3v) is 4.92. The summed E-state index contributed by atoms with van der Waals surface area (Å²) in [6.07, 6.45) is 5.17. The van der Waals surface area contributed by atoms with Crippen molar-refractivity contribution in [3.8, 4) is 40.4 Å². The molecule has 4 aromatic rings. The fraction of sp³-hybridized carbons (Fsp3) is 0.0833. The van der Waals surface area contributed by atoms with Crippen LogP contribution in [-0.2, 0) is 4.79 Å². The van der Waals surface area contributed by atoms with E-state index in [1.165, 1.54) is 12.1 Å². The molecule has 11 heteroatoms. The van der Waals surface area contributed by atoms with Gasteiger partial charge in [0, 0.05) is 30.2 Å². The summed E-state index contributed by atoms with van der Waals surface area (Å²) in [5.41, 5.74) is 6.11. The summed E-state index contributed by atoms with van der Waals surface area (Å²) >= 11 is 0. The van der Waals surface area contributed by atoms with Crippen LogP contribution in [0.1, 0.15) is 10.4 Å².